The maximum absolute atomic E-state index is 11.7. The van der Waals surface area contributed by atoms with Crippen LogP contribution in [0.1, 0.15) is 12.8 Å². The molecular formula is C13H18N2O4. The Kier molecular flexibility index (Phi) is 6.35. The van der Waals surface area contributed by atoms with Crippen molar-refractivity contribution in [3.05, 3.63) is 24.5 Å². The van der Waals surface area contributed by atoms with Crippen LogP contribution in [0, 0.1) is 0 Å². The van der Waals surface area contributed by atoms with Gasteiger partial charge in [0, 0.05) is 19.7 Å². The lowest BCUT2D eigenvalue weighted by Crippen LogP contribution is -2.32. The molecule has 0 spiro atoms. The summed E-state index contributed by atoms with van der Waals surface area (Å²) >= 11 is 0. The van der Waals surface area contributed by atoms with Crippen molar-refractivity contribution in [3.63, 3.8) is 0 Å². The van der Waals surface area contributed by atoms with Crippen LogP contribution >= 0.6 is 0 Å². The summed E-state index contributed by atoms with van der Waals surface area (Å²) in [6.07, 6.45) is 4.19. The Morgan fingerprint density at radius 1 is 1.42 bits per heavy atom. The highest BCUT2D eigenvalue weighted by molar-refractivity contribution is 5.81. The van der Waals surface area contributed by atoms with E-state index in [4.69, 9.17) is 4.74 Å². The SMILES string of the molecule is COC(=O)CN(C)C(=O)CCCOc1cccnc1. The van der Waals surface area contributed by atoms with Crippen LogP contribution in [0.2, 0.25) is 0 Å². The van der Waals surface area contributed by atoms with Gasteiger partial charge < -0.3 is 14.4 Å². The minimum Gasteiger partial charge on any atom is -0.492 e. The second kappa shape index (κ2) is 8.07. The lowest BCUT2D eigenvalue weighted by Gasteiger charge is -2.15. The highest BCUT2D eigenvalue weighted by Gasteiger charge is 2.12. The third kappa shape index (κ3) is 5.85. The fraction of sp³-hybridized carbons (Fsp3) is 0.462. The van der Waals surface area contributed by atoms with Crippen molar-refractivity contribution in [2.24, 2.45) is 0 Å². The molecule has 6 nitrogen and oxygen atoms in total. The van der Waals surface area contributed by atoms with Crippen molar-refractivity contribution >= 4 is 11.9 Å². The quantitative estimate of drug-likeness (QED) is 0.541. The second-order valence-corrected chi connectivity index (χ2v) is 3.97. The molecule has 0 aliphatic rings. The van der Waals surface area contributed by atoms with Crippen LogP contribution in [-0.2, 0) is 14.3 Å². The lowest BCUT2D eigenvalue weighted by molar-refractivity contribution is -0.146. The van der Waals surface area contributed by atoms with Crippen LogP contribution in [0.15, 0.2) is 24.5 Å². The van der Waals surface area contributed by atoms with Gasteiger partial charge in [-0.3, -0.25) is 14.6 Å². The van der Waals surface area contributed by atoms with E-state index in [1.807, 2.05) is 0 Å². The third-order valence-electron chi connectivity index (χ3n) is 2.46. The van der Waals surface area contributed by atoms with Gasteiger partial charge in [-0.25, -0.2) is 0 Å². The largest absolute Gasteiger partial charge is 0.492 e. The van der Waals surface area contributed by atoms with Gasteiger partial charge in [0.25, 0.3) is 0 Å². The molecule has 0 atom stereocenters. The first-order chi connectivity index (χ1) is 9.13. The molecule has 6 heteroatoms. The summed E-state index contributed by atoms with van der Waals surface area (Å²) < 4.78 is 9.90. The van der Waals surface area contributed by atoms with Crippen molar-refractivity contribution in [2.45, 2.75) is 12.8 Å². The van der Waals surface area contributed by atoms with Crippen LogP contribution in [0.25, 0.3) is 0 Å². The smallest absolute Gasteiger partial charge is 0.325 e. The topological polar surface area (TPSA) is 68.7 Å². The summed E-state index contributed by atoms with van der Waals surface area (Å²) in [7, 11) is 2.86. The fourth-order valence-electron chi connectivity index (χ4n) is 1.38. The van der Waals surface area contributed by atoms with Gasteiger partial charge in [-0.05, 0) is 18.6 Å². The Bertz CT molecular complexity index is 408. The Labute approximate surface area is 112 Å². The number of carbonyl (C=O) groups excluding carboxylic acids is 2. The molecule has 0 aromatic carbocycles. The molecule has 0 N–H and O–H groups in total. The molecule has 0 radical (unpaired) electrons. The number of hydrogen-bond acceptors (Lipinski definition) is 5. The van der Waals surface area contributed by atoms with Crippen LogP contribution in [0.5, 0.6) is 5.75 Å². The number of esters is 1. The number of ether oxygens (including phenoxy) is 2. The van der Waals surface area contributed by atoms with Crippen molar-refractivity contribution in [3.8, 4) is 5.75 Å². The minimum atomic E-state index is -0.428. The van der Waals surface area contributed by atoms with Gasteiger partial charge in [-0.2, -0.15) is 0 Å². The van der Waals surface area contributed by atoms with Gasteiger partial charge in [-0.15, -0.1) is 0 Å². The average Bonchev–Trinajstić information content (AvgIpc) is 2.44. The van der Waals surface area contributed by atoms with Gasteiger partial charge in [0.05, 0.1) is 19.9 Å². The molecule has 104 valence electrons. The number of nitrogens with zero attached hydrogens (tertiary/aromatic N) is 2. The molecule has 0 bridgehead atoms. The van der Waals surface area contributed by atoms with Crippen molar-refractivity contribution in [1.82, 2.24) is 9.88 Å². The number of amides is 1. The zero-order chi connectivity index (χ0) is 14.1. The van der Waals surface area contributed by atoms with E-state index >= 15 is 0 Å². The molecule has 0 fully saturated rings. The van der Waals surface area contributed by atoms with E-state index in [0.717, 1.165) is 0 Å². The predicted molar refractivity (Wildman–Crippen MR) is 68.6 cm³/mol. The molecule has 19 heavy (non-hydrogen) atoms. The van der Waals surface area contributed by atoms with E-state index in [1.165, 1.54) is 12.0 Å². The standard InChI is InChI=1S/C13H18N2O4/c1-15(10-13(17)18-2)12(16)6-4-8-19-11-5-3-7-14-9-11/h3,5,7,9H,4,6,8,10H2,1-2H3. The Hall–Kier alpha value is -2.11. The number of methoxy groups -OCH3 is 1. The summed E-state index contributed by atoms with van der Waals surface area (Å²) in [4.78, 5) is 27.9. The van der Waals surface area contributed by atoms with E-state index in [-0.39, 0.29) is 12.5 Å². The summed E-state index contributed by atoms with van der Waals surface area (Å²) in [6.45, 7) is 0.405. The maximum atomic E-state index is 11.7. The highest BCUT2D eigenvalue weighted by atomic mass is 16.5. The molecule has 1 aromatic rings. The molecule has 0 aliphatic carbocycles. The number of likely N-dealkylation sites (N-methyl/N-ethyl adjacent to an activating group) is 1. The van der Waals surface area contributed by atoms with Crippen LogP contribution < -0.4 is 4.74 Å². The molecular weight excluding hydrogens is 248 g/mol. The van der Waals surface area contributed by atoms with Gasteiger partial charge in [0.1, 0.15) is 12.3 Å². The zero-order valence-electron chi connectivity index (χ0n) is 11.2. The number of aromatic nitrogens is 1. The maximum Gasteiger partial charge on any atom is 0.325 e. The van der Waals surface area contributed by atoms with E-state index < -0.39 is 5.97 Å². The zero-order valence-corrected chi connectivity index (χ0v) is 11.2. The Morgan fingerprint density at radius 3 is 2.84 bits per heavy atom. The summed E-state index contributed by atoms with van der Waals surface area (Å²) in [5.74, 6) is 0.139. The fourth-order valence-corrected chi connectivity index (χ4v) is 1.38. The molecule has 0 unspecified atom stereocenters. The monoisotopic (exact) mass is 266 g/mol. The normalized spacial score (nSPS) is 9.79. The molecule has 1 aromatic heterocycles. The van der Waals surface area contributed by atoms with Gasteiger partial charge in [0.2, 0.25) is 5.91 Å². The van der Waals surface area contributed by atoms with Crippen molar-refractivity contribution in [1.29, 1.82) is 0 Å². The van der Waals surface area contributed by atoms with Gasteiger partial charge >= 0.3 is 5.97 Å². The van der Waals surface area contributed by atoms with Gasteiger partial charge in [0.15, 0.2) is 0 Å². The van der Waals surface area contributed by atoms with Gasteiger partial charge in [-0.1, -0.05) is 0 Å². The first kappa shape index (κ1) is 14.9. The van der Waals surface area contributed by atoms with Crippen molar-refractivity contribution in [2.75, 3.05) is 27.3 Å². The van der Waals surface area contributed by atoms with E-state index in [2.05, 4.69) is 9.72 Å². The molecule has 0 aliphatic heterocycles. The second-order valence-electron chi connectivity index (χ2n) is 3.97. The summed E-state index contributed by atoms with van der Waals surface area (Å²) in [6, 6.07) is 3.59. The lowest BCUT2D eigenvalue weighted by atomic mass is 10.3. The summed E-state index contributed by atoms with van der Waals surface area (Å²) in [5.41, 5.74) is 0. The van der Waals surface area contributed by atoms with E-state index in [1.54, 1.807) is 31.6 Å². The summed E-state index contributed by atoms with van der Waals surface area (Å²) in [5, 5.41) is 0. The predicted octanol–water partition coefficient (Wildman–Crippen LogP) is 0.872. The minimum absolute atomic E-state index is 0.0290. The Balaban J connectivity index is 2.18. The Morgan fingerprint density at radius 2 is 2.21 bits per heavy atom. The van der Waals surface area contributed by atoms with Crippen LogP contribution in [-0.4, -0.2) is 49.1 Å². The first-order valence-electron chi connectivity index (χ1n) is 5.97. The highest BCUT2D eigenvalue weighted by Crippen LogP contribution is 2.07. The number of carbonyl (C=O) groups is 2. The number of pyridine rings is 1. The van der Waals surface area contributed by atoms with Crippen LogP contribution in [0.3, 0.4) is 0 Å². The van der Waals surface area contributed by atoms with Crippen LogP contribution in [0.4, 0.5) is 0 Å². The third-order valence-corrected chi connectivity index (χ3v) is 2.46. The number of rotatable bonds is 7. The number of hydrogen-bond donors (Lipinski definition) is 0. The molecule has 1 heterocycles. The molecule has 1 amide bonds. The van der Waals surface area contributed by atoms with E-state index in [9.17, 15) is 9.59 Å². The average molecular weight is 266 g/mol. The molecule has 0 saturated carbocycles. The van der Waals surface area contributed by atoms with Crippen molar-refractivity contribution < 1.29 is 19.1 Å². The van der Waals surface area contributed by atoms with E-state index in [0.29, 0.717) is 25.2 Å². The first-order valence-corrected chi connectivity index (χ1v) is 5.97. The molecule has 0 saturated heterocycles. The molecule has 1 rings (SSSR count).